The van der Waals surface area contributed by atoms with Gasteiger partial charge in [-0.15, -0.1) is 0 Å². The first-order valence-electron chi connectivity index (χ1n) is 11.6. The Labute approximate surface area is 187 Å². The van der Waals surface area contributed by atoms with E-state index in [2.05, 4.69) is 29.4 Å². The molecule has 0 radical (unpaired) electrons. The van der Waals surface area contributed by atoms with E-state index in [1.807, 2.05) is 37.8 Å². The average molecular weight is 430 g/mol. The van der Waals surface area contributed by atoms with Crippen LogP contribution in [-0.4, -0.2) is 62.0 Å². The van der Waals surface area contributed by atoms with Gasteiger partial charge in [0.2, 0.25) is 11.8 Å². The van der Waals surface area contributed by atoms with Gasteiger partial charge in [-0.2, -0.15) is 0 Å². The highest BCUT2D eigenvalue weighted by atomic mass is 16.5. The van der Waals surface area contributed by atoms with Crippen LogP contribution in [0, 0.1) is 17.3 Å². The van der Waals surface area contributed by atoms with E-state index in [0.29, 0.717) is 19.0 Å². The van der Waals surface area contributed by atoms with E-state index in [4.69, 9.17) is 4.74 Å². The second-order valence-corrected chi connectivity index (χ2v) is 10.2. The maximum Gasteiger partial charge on any atom is 0.227 e. The van der Waals surface area contributed by atoms with Crippen molar-refractivity contribution in [3.05, 3.63) is 29.8 Å². The first kappa shape index (κ1) is 23.6. The van der Waals surface area contributed by atoms with Crippen molar-refractivity contribution in [3.8, 4) is 5.75 Å². The van der Waals surface area contributed by atoms with E-state index >= 15 is 0 Å². The number of carbonyl (C=O) groups excluding carboxylic acids is 2. The lowest BCUT2D eigenvalue weighted by Gasteiger charge is -2.40. The molecular formula is C25H39N3O3. The molecule has 2 fully saturated rings. The van der Waals surface area contributed by atoms with Gasteiger partial charge in [-0.05, 0) is 62.9 Å². The van der Waals surface area contributed by atoms with Crippen LogP contribution in [0.15, 0.2) is 24.3 Å². The molecule has 2 amide bonds. The zero-order valence-electron chi connectivity index (χ0n) is 19.8. The predicted molar refractivity (Wildman–Crippen MR) is 123 cm³/mol. The van der Waals surface area contributed by atoms with Crippen molar-refractivity contribution < 1.29 is 14.3 Å². The monoisotopic (exact) mass is 429 g/mol. The molecule has 6 nitrogen and oxygen atoms in total. The van der Waals surface area contributed by atoms with Crippen molar-refractivity contribution in [1.29, 1.82) is 0 Å². The summed E-state index contributed by atoms with van der Waals surface area (Å²) >= 11 is 0. The highest BCUT2D eigenvalue weighted by Crippen LogP contribution is 2.35. The van der Waals surface area contributed by atoms with Gasteiger partial charge >= 0.3 is 0 Å². The number of likely N-dealkylation sites (tertiary alicyclic amines) is 2. The standard InChI is InChI=1S/C25H39N3O3/c1-25(2,3)24(30)28-15-7-9-20(17-28)23(29)26-16-19-8-6-14-27(4)22(19)18-10-12-21(31-5)13-11-18/h10-13,19-20,22H,6-9,14-17H2,1-5H3,(H,26,29). The summed E-state index contributed by atoms with van der Waals surface area (Å²) in [5.74, 6) is 1.35. The number of carbonyl (C=O) groups is 2. The van der Waals surface area contributed by atoms with Crippen molar-refractivity contribution in [2.45, 2.75) is 52.5 Å². The normalized spacial score (nSPS) is 25.2. The Morgan fingerprint density at radius 2 is 1.77 bits per heavy atom. The summed E-state index contributed by atoms with van der Waals surface area (Å²) in [6.45, 7) is 8.85. The molecule has 2 saturated heterocycles. The third kappa shape index (κ3) is 5.79. The summed E-state index contributed by atoms with van der Waals surface area (Å²) in [7, 11) is 3.85. The lowest BCUT2D eigenvalue weighted by atomic mass is 9.84. The number of nitrogens with zero attached hydrogens (tertiary/aromatic N) is 2. The topological polar surface area (TPSA) is 61.9 Å². The molecule has 2 aliphatic rings. The van der Waals surface area contributed by atoms with Crippen LogP contribution in [0.2, 0.25) is 0 Å². The third-order valence-electron chi connectivity index (χ3n) is 6.72. The summed E-state index contributed by atoms with van der Waals surface area (Å²) in [5.41, 5.74) is 0.859. The van der Waals surface area contributed by atoms with Crippen LogP contribution in [0.3, 0.4) is 0 Å². The van der Waals surface area contributed by atoms with Crippen LogP contribution in [-0.2, 0) is 9.59 Å². The largest absolute Gasteiger partial charge is 0.497 e. The number of hydrogen-bond donors (Lipinski definition) is 1. The number of methoxy groups -OCH3 is 1. The Hall–Kier alpha value is -2.08. The van der Waals surface area contributed by atoms with Gasteiger partial charge in [0.15, 0.2) is 0 Å². The van der Waals surface area contributed by atoms with Crippen LogP contribution in [0.25, 0.3) is 0 Å². The molecule has 6 heteroatoms. The van der Waals surface area contributed by atoms with Crippen molar-refractivity contribution in [1.82, 2.24) is 15.1 Å². The summed E-state index contributed by atoms with van der Waals surface area (Å²) in [5, 5.41) is 3.23. The van der Waals surface area contributed by atoms with Gasteiger partial charge < -0.3 is 15.0 Å². The van der Waals surface area contributed by atoms with Gasteiger partial charge in [-0.3, -0.25) is 14.5 Å². The minimum Gasteiger partial charge on any atom is -0.497 e. The Morgan fingerprint density at radius 1 is 1.10 bits per heavy atom. The summed E-state index contributed by atoms with van der Waals surface area (Å²) in [6.07, 6.45) is 3.98. The second kappa shape index (κ2) is 10.0. The molecule has 0 aliphatic carbocycles. The van der Waals surface area contributed by atoms with Crippen molar-refractivity contribution in [3.63, 3.8) is 0 Å². The lowest BCUT2D eigenvalue weighted by molar-refractivity contribution is -0.142. The fraction of sp³-hybridized carbons (Fsp3) is 0.680. The highest BCUT2D eigenvalue weighted by molar-refractivity contribution is 5.83. The van der Waals surface area contributed by atoms with Crippen LogP contribution < -0.4 is 10.1 Å². The van der Waals surface area contributed by atoms with Crippen molar-refractivity contribution in [2.24, 2.45) is 17.3 Å². The number of nitrogens with one attached hydrogen (secondary N) is 1. The molecule has 1 aromatic rings. The molecule has 0 spiro atoms. The average Bonchev–Trinajstić information content (AvgIpc) is 2.76. The third-order valence-corrected chi connectivity index (χ3v) is 6.72. The van der Waals surface area contributed by atoms with Gasteiger partial charge in [-0.25, -0.2) is 0 Å². The maximum absolute atomic E-state index is 13.0. The smallest absolute Gasteiger partial charge is 0.227 e. The fourth-order valence-electron chi connectivity index (χ4n) is 5.03. The zero-order valence-corrected chi connectivity index (χ0v) is 19.8. The number of ether oxygens (including phenoxy) is 1. The summed E-state index contributed by atoms with van der Waals surface area (Å²) in [6, 6.07) is 8.58. The zero-order chi connectivity index (χ0) is 22.6. The number of piperidine rings is 2. The van der Waals surface area contributed by atoms with Gasteiger partial charge in [0.1, 0.15) is 5.75 Å². The molecule has 172 valence electrons. The van der Waals surface area contributed by atoms with E-state index in [-0.39, 0.29) is 23.8 Å². The van der Waals surface area contributed by atoms with Gasteiger partial charge in [0, 0.05) is 31.1 Å². The van der Waals surface area contributed by atoms with Gasteiger partial charge in [0.25, 0.3) is 0 Å². The van der Waals surface area contributed by atoms with Gasteiger partial charge in [-0.1, -0.05) is 32.9 Å². The van der Waals surface area contributed by atoms with E-state index in [0.717, 1.165) is 44.5 Å². The first-order valence-corrected chi connectivity index (χ1v) is 11.6. The Bertz CT molecular complexity index is 756. The van der Waals surface area contributed by atoms with Crippen LogP contribution >= 0.6 is 0 Å². The molecule has 0 aromatic heterocycles. The molecule has 2 heterocycles. The number of amides is 2. The second-order valence-electron chi connectivity index (χ2n) is 10.2. The molecule has 0 bridgehead atoms. The van der Waals surface area contributed by atoms with Crippen molar-refractivity contribution >= 4 is 11.8 Å². The number of hydrogen-bond acceptors (Lipinski definition) is 4. The molecular weight excluding hydrogens is 390 g/mol. The highest BCUT2D eigenvalue weighted by Gasteiger charge is 2.35. The minimum absolute atomic E-state index is 0.0908. The Morgan fingerprint density at radius 3 is 2.42 bits per heavy atom. The van der Waals surface area contributed by atoms with Crippen molar-refractivity contribution in [2.75, 3.05) is 40.3 Å². The van der Waals surface area contributed by atoms with E-state index in [1.165, 1.54) is 5.56 Å². The summed E-state index contributed by atoms with van der Waals surface area (Å²) < 4.78 is 5.30. The van der Waals surface area contributed by atoms with Crippen LogP contribution in [0.5, 0.6) is 5.75 Å². The lowest BCUT2D eigenvalue weighted by Crippen LogP contribution is -2.49. The molecule has 31 heavy (non-hydrogen) atoms. The number of benzene rings is 1. The SMILES string of the molecule is COc1ccc(C2C(CNC(=O)C3CCCN(C(=O)C(C)(C)C)C3)CCCN2C)cc1. The van der Waals surface area contributed by atoms with E-state index in [1.54, 1.807) is 7.11 Å². The summed E-state index contributed by atoms with van der Waals surface area (Å²) in [4.78, 5) is 29.9. The minimum atomic E-state index is -0.406. The predicted octanol–water partition coefficient (Wildman–Crippen LogP) is 3.48. The molecule has 1 N–H and O–H groups in total. The number of rotatable bonds is 5. The molecule has 3 atom stereocenters. The quantitative estimate of drug-likeness (QED) is 0.778. The Balaban J connectivity index is 1.61. The van der Waals surface area contributed by atoms with Crippen LogP contribution in [0.1, 0.15) is 58.1 Å². The Kier molecular flexibility index (Phi) is 7.63. The molecule has 0 saturated carbocycles. The molecule has 1 aromatic carbocycles. The molecule has 3 unspecified atom stereocenters. The maximum atomic E-state index is 13.0. The fourth-order valence-corrected chi connectivity index (χ4v) is 5.03. The van der Waals surface area contributed by atoms with Gasteiger partial charge in [0.05, 0.1) is 13.0 Å². The van der Waals surface area contributed by atoms with E-state index < -0.39 is 5.41 Å². The van der Waals surface area contributed by atoms with Crippen LogP contribution in [0.4, 0.5) is 0 Å². The molecule has 3 rings (SSSR count). The van der Waals surface area contributed by atoms with E-state index in [9.17, 15) is 9.59 Å². The first-order chi connectivity index (χ1) is 14.7. The molecule has 2 aliphatic heterocycles.